The summed E-state index contributed by atoms with van der Waals surface area (Å²) < 4.78 is 4.49. The van der Waals surface area contributed by atoms with Gasteiger partial charge in [0.05, 0.1) is 0 Å². The Kier molecular flexibility index (Phi) is 14.2. The molecule has 0 aliphatic heterocycles. The van der Waals surface area contributed by atoms with Gasteiger partial charge in [0.15, 0.2) is 0 Å². The fourth-order valence-corrected chi connectivity index (χ4v) is 1.76. The Labute approximate surface area is 131 Å². The van der Waals surface area contributed by atoms with Crippen molar-refractivity contribution in [1.29, 1.82) is 0 Å². The smallest absolute Gasteiger partial charge is 0.851 e. The topological polar surface area (TPSA) is 131 Å². The van der Waals surface area contributed by atoms with Gasteiger partial charge in [0.1, 0.15) is 0 Å². The van der Waals surface area contributed by atoms with Gasteiger partial charge in [-0.2, -0.15) is 0 Å². The number of nitrogens with two attached hydrogens (primary N) is 1. The molecule has 0 aromatic heterocycles. The minimum absolute atomic E-state index is 0. The largest absolute Gasteiger partial charge is 3.00 e. The summed E-state index contributed by atoms with van der Waals surface area (Å²) in [6.07, 6.45) is 5.13. The number of hydrogen-bond donors (Lipinski definition) is 1. The Balaban J connectivity index is 0. The third-order valence-corrected chi connectivity index (χ3v) is 2.51. The zero-order valence-corrected chi connectivity index (χ0v) is 13.4. The van der Waals surface area contributed by atoms with Gasteiger partial charge in [0.2, 0.25) is 0 Å². The maximum absolute atomic E-state index is 10.0. The average Bonchev–Trinajstić information content (AvgIpc) is 2.29. The second-order valence-corrected chi connectivity index (χ2v) is 4.51. The van der Waals surface area contributed by atoms with Crippen LogP contribution in [0.4, 0.5) is 0 Å². The number of methoxy groups -OCH3 is 1. The van der Waals surface area contributed by atoms with E-state index in [0.717, 1.165) is 12.8 Å². The monoisotopic (exact) mass is 297 g/mol. The van der Waals surface area contributed by atoms with Crippen LogP contribution in [0.25, 0.3) is 11.5 Å². The molecule has 7 nitrogen and oxygen atoms in total. The standard InChI is InChI=1S/C8H15N5.C4H9O2.Al/c9-7(10)13-8(11)12-6-4-2-1-3-5-6;1-4(5)3-6-2;/h6H,1-5H2,(H4-2,9,10,11,12,13);4H,3H2,1-2H3;/q-2;-1;+3. The molecule has 1 atom stereocenters. The molecule has 1 aliphatic carbocycles. The summed E-state index contributed by atoms with van der Waals surface area (Å²) >= 11 is 0. The predicted octanol–water partition coefficient (Wildman–Crippen LogP) is 1.09. The second kappa shape index (κ2) is 13.2. The van der Waals surface area contributed by atoms with E-state index in [-0.39, 0.29) is 35.3 Å². The minimum atomic E-state index is -0.574. The first-order valence-corrected chi connectivity index (χ1v) is 6.45. The van der Waals surface area contributed by atoms with Crippen molar-refractivity contribution in [2.24, 2.45) is 15.7 Å². The van der Waals surface area contributed by atoms with Crippen LogP contribution in [0.1, 0.15) is 39.0 Å². The zero-order valence-electron chi connectivity index (χ0n) is 12.3. The van der Waals surface area contributed by atoms with Crippen LogP contribution in [0.3, 0.4) is 0 Å². The summed E-state index contributed by atoms with van der Waals surface area (Å²) in [6, 6.07) is 0.226. The van der Waals surface area contributed by atoms with Gasteiger partial charge < -0.3 is 37.0 Å². The van der Waals surface area contributed by atoms with E-state index in [0.29, 0.717) is 6.61 Å². The molecule has 0 aromatic carbocycles. The van der Waals surface area contributed by atoms with Crippen molar-refractivity contribution in [2.45, 2.75) is 51.2 Å². The summed E-state index contributed by atoms with van der Waals surface area (Å²) in [7, 11) is 1.52. The third kappa shape index (κ3) is 13.6. The summed E-state index contributed by atoms with van der Waals surface area (Å²) in [5.41, 5.74) is 19.2. The quantitative estimate of drug-likeness (QED) is 0.475. The van der Waals surface area contributed by atoms with E-state index in [1.165, 1.54) is 26.4 Å². The molecule has 20 heavy (non-hydrogen) atoms. The van der Waals surface area contributed by atoms with Crippen LogP contribution in [0, 0.1) is 0 Å². The average molecular weight is 297 g/mol. The van der Waals surface area contributed by atoms with E-state index in [1.54, 1.807) is 6.92 Å². The van der Waals surface area contributed by atoms with Crippen LogP contribution in [0.5, 0.6) is 0 Å². The van der Waals surface area contributed by atoms with Crippen molar-refractivity contribution in [2.75, 3.05) is 13.7 Å². The Morgan fingerprint density at radius 2 is 1.90 bits per heavy atom. The molecule has 8 heteroatoms. The van der Waals surface area contributed by atoms with Crippen molar-refractivity contribution in [3.8, 4) is 0 Å². The van der Waals surface area contributed by atoms with Crippen LogP contribution >= 0.6 is 0 Å². The van der Waals surface area contributed by atoms with Crippen LogP contribution in [0.15, 0.2) is 9.98 Å². The molecular weight excluding hydrogens is 273 g/mol. The van der Waals surface area contributed by atoms with Crippen LogP contribution in [0.2, 0.25) is 0 Å². The minimum Gasteiger partial charge on any atom is -0.851 e. The molecule has 1 rings (SSSR count). The Bertz CT molecular complexity index is 288. The second-order valence-electron chi connectivity index (χ2n) is 4.51. The first-order valence-electron chi connectivity index (χ1n) is 6.45. The van der Waals surface area contributed by atoms with Gasteiger partial charge in [0.25, 0.3) is 0 Å². The summed E-state index contributed by atoms with van der Waals surface area (Å²) in [5.74, 6) is -0.455. The molecule has 0 amide bonds. The van der Waals surface area contributed by atoms with E-state index in [2.05, 4.69) is 14.7 Å². The Morgan fingerprint density at radius 3 is 2.25 bits per heavy atom. The van der Waals surface area contributed by atoms with E-state index in [9.17, 15) is 5.11 Å². The molecule has 1 saturated carbocycles. The fourth-order valence-electron chi connectivity index (χ4n) is 1.76. The number of hydrogen-bond acceptors (Lipinski definition) is 3. The van der Waals surface area contributed by atoms with Crippen molar-refractivity contribution >= 4 is 29.3 Å². The number of guanidine groups is 2. The predicted molar refractivity (Wildman–Crippen MR) is 81.7 cm³/mol. The first kappa shape index (κ1) is 21.5. The molecule has 112 valence electrons. The molecule has 0 bridgehead atoms. The SMILES string of the molecule is COCC(C)[O-].[Al+3].[NH-]C(=NC1CCCCC1)/N=C(/[NH-])N. The molecule has 0 radical (unpaired) electrons. The molecule has 0 spiro atoms. The van der Waals surface area contributed by atoms with Gasteiger partial charge in [-0.15, -0.1) is 6.10 Å². The van der Waals surface area contributed by atoms with Crippen molar-refractivity contribution in [3.63, 3.8) is 0 Å². The maximum atomic E-state index is 10.0. The third-order valence-electron chi connectivity index (χ3n) is 2.51. The van der Waals surface area contributed by atoms with Crippen LogP contribution < -0.4 is 10.8 Å². The number of aliphatic imine (C=N–C) groups is 2. The first-order chi connectivity index (χ1) is 8.95. The van der Waals surface area contributed by atoms with Gasteiger partial charge in [-0.05, 0) is 18.9 Å². The molecule has 0 heterocycles. The van der Waals surface area contributed by atoms with Crippen molar-refractivity contribution < 1.29 is 9.84 Å². The zero-order chi connectivity index (χ0) is 14.7. The van der Waals surface area contributed by atoms with Gasteiger partial charge in [-0.3, -0.25) is 0 Å². The van der Waals surface area contributed by atoms with Gasteiger partial charge in [-0.1, -0.05) is 26.2 Å². The maximum Gasteiger partial charge on any atom is 3.00 e. The molecule has 0 saturated heterocycles. The van der Waals surface area contributed by atoms with Gasteiger partial charge >= 0.3 is 17.4 Å². The molecule has 1 aliphatic rings. The summed E-state index contributed by atoms with van der Waals surface area (Å²) in [6.45, 7) is 1.89. The summed E-state index contributed by atoms with van der Waals surface area (Å²) in [5, 5.41) is 10.0. The fraction of sp³-hybridized carbons (Fsp3) is 0.833. The number of nitrogens with zero attached hydrogens (tertiary/aromatic N) is 2. The molecule has 4 N–H and O–H groups in total. The number of ether oxygens (including phenoxy) is 1. The van der Waals surface area contributed by atoms with Gasteiger partial charge in [-0.25, -0.2) is 0 Å². The molecule has 0 aromatic rings. The molecule has 1 fully saturated rings. The van der Waals surface area contributed by atoms with Crippen molar-refractivity contribution in [1.82, 2.24) is 0 Å². The van der Waals surface area contributed by atoms with E-state index >= 15 is 0 Å². The van der Waals surface area contributed by atoms with E-state index in [1.807, 2.05) is 0 Å². The Morgan fingerprint density at radius 1 is 1.35 bits per heavy atom. The number of nitrogens with one attached hydrogen (secondary N) is 2. The number of rotatable bonds is 3. The van der Waals surface area contributed by atoms with E-state index in [4.69, 9.17) is 17.2 Å². The summed E-state index contributed by atoms with van der Waals surface area (Å²) in [4.78, 5) is 7.52. The van der Waals surface area contributed by atoms with Crippen molar-refractivity contribution in [3.05, 3.63) is 11.5 Å². The van der Waals surface area contributed by atoms with E-state index < -0.39 is 6.10 Å². The molecular formula is C12H24AlN5O2. The van der Waals surface area contributed by atoms with Crippen LogP contribution in [-0.2, 0) is 4.74 Å². The normalized spacial score (nSPS) is 18.6. The molecule has 1 unspecified atom stereocenters. The van der Waals surface area contributed by atoms with Gasteiger partial charge in [0, 0.05) is 25.6 Å². The Hall–Kier alpha value is -0.808. The van der Waals surface area contributed by atoms with Crippen LogP contribution in [-0.4, -0.2) is 55.1 Å².